The van der Waals surface area contributed by atoms with Crippen LogP contribution in [0.3, 0.4) is 0 Å². The molecule has 5 N–H and O–H groups in total. The zero-order valence-corrected chi connectivity index (χ0v) is 12.2. The van der Waals surface area contributed by atoms with Gasteiger partial charge in [0.05, 0.1) is 12.0 Å². The maximum atomic E-state index is 12.2. The van der Waals surface area contributed by atoms with Gasteiger partial charge < -0.3 is 21.7 Å². The molecule has 1 aliphatic rings. The van der Waals surface area contributed by atoms with Crippen LogP contribution in [0.15, 0.2) is 24.3 Å². The monoisotopic (exact) mass is 290 g/mol. The van der Waals surface area contributed by atoms with Gasteiger partial charge in [0.1, 0.15) is 0 Å². The first-order valence-corrected chi connectivity index (χ1v) is 7.24. The number of hydrogen-bond acceptors (Lipinski definition) is 3. The molecule has 1 saturated heterocycles. The van der Waals surface area contributed by atoms with Crippen molar-refractivity contribution in [3.63, 3.8) is 0 Å². The molecule has 0 radical (unpaired) electrons. The number of carbonyl (C=O) groups is 2. The summed E-state index contributed by atoms with van der Waals surface area (Å²) in [5.74, 6) is 0.144. The summed E-state index contributed by atoms with van der Waals surface area (Å²) in [6, 6.07) is 6.62. The van der Waals surface area contributed by atoms with Crippen LogP contribution in [0.5, 0.6) is 0 Å². The molecule has 21 heavy (non-hydrogen) atoms. The van der Waals surface area contributed by atoms with Gasteiger partial charge in [-0.3, -0.25) is 4.79 Å². The Bertz CT molecular complexity index is 495. The third-order valence-electron chi connectivity index (χ3n) is 3.70. The fourth-order valence-corrected chi connectivity index (χ4v) is 2.49. The number of rotatable bonds is 4. The Balaban J connectivity index is 1.91. The average Bonchev–Trinajstić information content (AvgIpc) is 2.48. The topological polar surface area (TPSA) is 96.2 Å². The number of carbonyl (C=O) groups excluding carboxylic acids is 2. The van der Waals surface area contributed by atoms with Gasteiger partial charge in [-0.15, -0.1) is 0 Å². The van der Waals surface area contributed by atoms with E-state index in [0.717, 1.165) is 31.5 Å². The summed E-state index contributed by atoms with van der Waals surface area (Å²) < 4.78 is 0. The lowest BCUT2D eigenvalue weighted by molar-refractivity contribution is -0.126. The van der Waals surface area contributed by atoms with E-state index < -0.39 is 6.03 Å². The molecular formula is C15H22N4O2. The molecule has 3 amide bonds. The highest BCUT2D eigenvalue weighted by molar-refractivity contribution is 5.87. The van der Waals surface area contributed by atoms with Crippen LogP contribution >= 0.6 is 0 Å². The molecule has 1 heterocycles. The molecule has 1 fully saturated rings. The fraction of sp³-hybridized carbons (Fsp3) is 0.467. The predicted molar refractivity (Wildman–Crippen MR) is 81.8 cm³/mol. The van der Waals surface area contributed by atoms with Crippen molar-refractivity contribution in [3.8, 4) is 0 Å². The molecule has 2 rings (SSSR count). The quantitative estimate of drug-likeness (QED) is 0.674. The standard InChI is InChI=1S/C15H22N4O2/c1-10(18-14(20)12-3-2-8-17-9-12)11-4-6-13(7-5-11)19-15(16)21/h4-7,10,12,17H,2-3,8-9H2,1H3,(H,18,20)(H3,16,19,21)/t10?,12-/m1/s1. The maximum absolute atomic E-state index is 12.2. The van der Waals surface area contributed by atoms with E-state index >= 15 is 0 Å². The molecule has 2 atom stereocenters. The number of amides is 3. The molecule has 1 aromatic rings. The Hall–Kier alpha value is -2.08. The van der Waals surface area contributed by atoms with Crippen molar-refractivity contribution in [1.82, 2.24) is 10.6 Å². The van der Waals surface area contributed by atoms with Crippen molar-refractivity contribution in [3.05, 3.63) is 29.8 Å². The van der Waals surface area contributed by atoms with Gasteiger partial charge in [-0.25, -0.2) is 4.79 Å². The van der Waals surface area contributed by atoms with Gasteiger partial charge in [-0.1, -0.05) is 12.1 Å². The lowest BCUT2D eigenvalue weighted by atomic mass is 9.98. The molecule has 1 aliphatic heterocycles. The van der Waals surface area contributed by atoms with Crippen LogP contribution in [0.1, 0.15) is 31.4 Å². The van der Waals surface area contributed by atoms with E-state index in [4.69, 9.17) is 5.73 Å². The van der Waals surface area contributed by atoms with E-state index in [1.807, 2.05) is 19.1 Å². The SMILES string of the molecule is CC(NC(=O)[C@@H]1CCCNC1)c1ccc(NC(N)=O)cc1. The van der Waals surface area contributed by atoms with E-state index in [1.54, 1.807) is 12.1 Å². The highest BCUT2D eigenvalue weighted by Crippen LogP contribution is 2.18. The Labute approximate surface area is 124 Å². The van der Waals surface area contributed by atoms with Gasteiger partial charge >= 0.3 is 6.03 Å². The summed E-state index contributed by atoms with van der Waals surface area (Å²) in [5.41, 5.74) is 6.69. The first kappa shape index (κ1) is 15.3. The van der Waals surface area contributed by atoms with Crippen molar-refractivity contribution in [1.29, 1.82) is 0 Å². The maximum Gasteiger partial charge on any atom is 0.316 e. The minimum atomic E-state index is -0.589. The van der Waals surface area contributed by atoms with Crippen LogP contribution in [-0.2, 0) is 4.79 Å². The Morgan fingerprint density at radius 3 is 2.62 bits per heavy atom. The van der Waals surface area contributed by atoms with Crippen LogP contribution in [0.25, 0.3) is 0 Å². The number of anilines is 1. The second-order valence-electron chi connectivity index (χ2n) is 5.38. The number of primary amides is 1. The van der Waals surface area contributed by atoms with Gasteiger partial charge in [0.25, 0.3) is 0 Å². The van der Waals surface area contributed by atoms with Gasteiger partial charge in [0.15, 0.2) is 0 Å². The Morgan fingerprint density at radius 2 is 2.05 bits per heavy atom. The van der Waals surface area contributed by atoms with E-state index in [1.165, 1.54) is 0 Å². The summed E-state index contributed by atoms with van der Waals surface area (Å²) in [6.45, 7) is 3.69. The van der Waals surface area contributed by atoms with Crippen molar-refractivity contribution < 1.29 is 9.59 Å². The van der Waals surface area contributed by atoms with Crippen molar-refractivity contribution in [2.45, 2.75) is 25.8 Å². The third kappa shape index (κ3) is 4.46. The Kier molecular flexibility index (Phi) is 5.16. The highest BCUT2D eigenvalue weighted by atomic mass is 16.2. The summed E-state index contributed by atoms with van der Waals surface area (Å²) in [5, 5.41) is 8.78. The molecule has 6 heteroatoms. The molecule has 1 aromatic carbocycles. The lowest BCUT2D eigenvalue weighted by Crippen LogP contribution is -2.41. The largest absolute Gasteiger partial charge is 0.351 e. The number of nitrogens with one attached hydrogen (secondary N) is 3. The second kappa shape index (κ2) is 7.08. The van der Waals surface area contributed by atoms with Gasteiger partial charge in [0, 0.05) is 12.2 Å². The first-order valence-electron chi connectivity index (χ1n) is 7.24. The van der Waals surface area contributed by atoms with Crippen molar-refractivity contribution in [2.75, 3.05) is 18.4 Å². The number of piperidine rings is 1. The van der Waals surface area contributed by atoms with Crippen molar-refractivity contribution >= 4 is 17.6 Å². The highest BCUT2D eigenvalue weighted by Gasteiger charge is 2.22. The summed E-state index contributed by atoms with van der Waals surface area (Å²) in [6.07, 6.45) is 1.98. The number of benzene rings is 1. The van der Waals surface area contributed by atoms with E-state index in [9.17, 15) is 9.59 Å². The number of urea groups is 1. The number of hydrogen-bond donors (Lipinski definition) is 4. The van der Waals surface area contributed by atoms with E-state index in [0.29, 0.717) is 5.69 Å². The van der Waals surface area contributed by atoms with Crippen LogP contribution in [-0.4, -0.2) is 25.0 Å². The summed E-state index contributed by atoms with van der Waals surface area (Å²) >= 11 is 0. The molecule has 0 spiro atoms. The second-order valence-corrected chi connectivity index (χ2v) is 5.38. The molecule has 0 aliphatic carbocycles. The number of nitrogens with two attached hydrogens (primary N) is 1. The summed E-state index contributed by atoms with van der Waals surface area (Å²) in [7, 11) is 0. The molecular weight excluding hydrogens is 268 g/mol. The normalized spacial score (nSPS) is 19.6. The van der Waals surface area contributed by atoms with Gasteiger partial charge in [0.2, 0.25) is 5.91 Å². The predicted octanol–water partition coefficient (Wildman–Crippen LogP) is 1.35. The van der Waals surface area contributed by atoms with Crippen LogP contribution < -0.4 is 21.7 Å². The lowest BCUT2D eigenvalue weighted by Gasteiger charge is -2.24. The van der Waals surface area contributed by atoms with E-state index in [2.05, 4.69) is 16.0 Å². The van der Waals surface area contributed by atoms with Gasteiger partial charge in [-0.2, -0.15) is 0 Å². The average molecular weight is 290 g/mol. The van der Waals surface area contributed by atoms with Crippen molar-refractivity contribution in [2.24, 2.45) is 11.7 Å². The zero-order valence-electron chi connectivity index (χ0n) is 12.2. The molecule has 6 nitrogen and oxygen atoms in total. The minimum absolute atomic E-state index is 0.0528. The zero-order chi connectivity index (χ0) is 15.2. The van der Waals surface area contributed by atoms with Crippen LogP contribution in [0.2, 0.25) is 0 Å². The fourth-order valence-electron chi connectivity index (χ4n) is 2.49. The summed E-state index contributed by atoms with van der Waals surface area (Å²) in [4.78, 5) is 22.9. The molecule has 0 saturated carbocycles. The third-order valence-corrected chi connectivity index (χ3v) is 3.70. The Morgan fingerprint density at radius 1 is 1.33 bits per heavy atom. The van der Waals surface area contributed by atoms with Crippen LogP contribution in [0, 0.1) is 5.92 Å². The minimum Gasteiger partial charge on any atom is -0.351 e. The first-order chi connectivity index (χ1) is 10.1. The van der Waals surface area contributed by atoms with E-state index in [-0.39, 0.29) is 17.9 Å². The molecule has 0 bridgehead atoms. The van der Waals surface area contributed by atoms with Crippen LogP contribution in [0.4, 0.5) is 10.5 Å². The molecule has 114 valence electrons. The molecule has 1 unspecified atom stereocenters. The molecule has 0 aromatic heterocycles. The smallest absolute Gasteiger partial charge is 0.316 e. The van der Waals surface area contributed by atoms with Gasteiger partial charge in [-0.05, 0) is 44.0 Å².